The standard InChI is InChI=1S/C16H21N3O/c1-4-19-12-14(11-18-19)10-17-13(2)9-15-7-5-6-8-16(15)20-3/h4-8,11-13,17H,1,9-10H2,2-3H3. The third kappa shape index (κ3) is 3.71. The highest BCUT2D eigenvalue weighted by Gasteiger charge is 2.08. The molecule has 0 spiro atoms. The number of para-hydroxylation sites is 1. The van der Waals surface area contributed by atoms with Gasteiger partial charge in [-0.1, -0.05) is 24.8 Å². The van der Waals surface area contributed by atoms with E-state index in [-0.39, 0.29) is 0 Å². The van der Waals surface area contributed by atoms with Gasteiger partial charge in [-0.2, -0.15) is 5.10 Å². The highest BCUT2D eigenvalue weighted by atomic mass is 16.5. The summed E-state index contributed by atoms with van der Waals surface area (Å²) in [4.78, 5) is 0. The number of ether oxygens (including phenoxy) is 1. The molecule has 1 unspecified atom stereocenters. The van der Waals surface area contributed by atoms with Crippen molar-refractivity contribution in [2.45, 2.75) is 25.9 Å². The van der Waals surface area contributed by atoms with Crippen molar-refractivity contribution >= 4 is 6.20 Å². The van der Waals surface area contributed by atoms with Gasteiger partial charge in [0.05, 0.1) is 13.3 Å². The van der Waals surface area contributed by atoms with E-state index in [1.807, 2.05) is 30.6 Å². The van der Waals surface area contributed by atoms with Crippen LogP contribution in [0, 0.1) is 0 Å². The van der Waals surface area contributed by atoms with Crippen LogP contribution in [0.25, 0.3) is 6.20 Å². The van der Waals surface area contributed by atoms with Crippen molar-refractivity contribution in [2.75, 3.05) is 7.11 Å². The fourth-order valence-electron chi connectivity index (χ4n) is 2.13. The molecule has 106 valence electrons. The fraction of sp³-hybridized carbons (Fsp3) is 0.312. The van der Waals surface area contributed by atoms with E-state index in [1.54, 1.807) is 18.0 Å². The zero-order valence-electron chi connectivity index (χ0n) is 12.0. The average Bonchev–Trinajstić information content (AvgIpc) is 2.94. The molecule has 1 aromatic heterocycles. The summed E-state index contributed by atoms with van der Waals surface area (Å²) in [6.45, 7) is 6.65. The molecule has 0 aliphatic carbocycles. The van der Waals surface area contributed by atoms with Crippen LogP contribution in [-0.4, -0.2) is 22.9 Å². The van der Waals surface area contributed by atoms with Crippen LogP contribution in [0.15, 0.2) is 43.2 Å². The van der Waals surface area contributed by atoms with Gasteiger partial charge in [0.25, 0.3) is 0 Å². The molecule has 2 aromatic rings. The summed E-state index contributed by atoms with van der Waals surface area (Å²) in [6.07, 6.45) is 6.43. The van der Waals surface area contributed by atoms with E-state index in [0.717, 1.165) is 24.3 Å². The SMILES string of the molecule is C=Cn1cc(CNC(C)Cc2ccccc2OC)cn1. The number of nitrogens with one attached hydrogen (secondary N) is 1. The number of hydrogen-bond donors (Lipinski definition) is 1. The van der Waals surface area contributed by atoms with Crippen molar-refractivity contribution in [3.8, 4) is 5.75 Å². The molecule has 0 amide bonds. The van der Waals surface area contributed by atoms with E-state index < -0.39 is 0 Å². The quantitative estimate of drug-likeness (QED) is 0.841. The third-order valence-corrected chi connectivity index (χ3v) is 3.22. The topological polar surface area (TPSA) is 39.1 Å². The van der Waals surface area contributed by atoms with E-state index in [0.29, 0.717) is 6.04 Å². The molecule has 20 heavy (non-hydrogen) atoms. The van der Waals surface area contributed by atoms with Gasteiger partial charge in [-0.15, -0.1) is 0 Å². The second-order valence-electron chi connectivity index (χ2n) is 4.81. The van der Waals surface area contributed by atoms with E-state index >= 15 is 0 Å². The molecular weight excluding hydrogens is 250 g/mol. The van der Waals surface area contributed by atoms with Gasteiger partial charge in [0.15, 0.2) is 0 Å². The monoisotopic (exact) mass is 271 g/mol. The number of aromatic nitrogens is 2. The van der Waals surface area contributed by atoms with Crippen LogP contribution in [0.2, 0.25) is 0 Å². The molecule has 4 nitrogen and oxygen atoms in total. The maximum absolute atomic E-state index is 5.37. The van der Waals surface area contributed by atoms with Crippen LogP contribution in [0.4, 0.5) is 0 Å². The van der Waals surface area contributed by atoms with Gasteiger partial charge in [-0.05, 0) is 25.0 Å². The fourth-order valence-corrected chi connectivity index (χ4v) is 2.13. The lowest BCUT2D eigenvalue weighted by Crippen LogP contribution is -2.27. The van der Waals surface area contributed by atoms with Gasteiger partial charge in [0.1, 0.15) is 5.75 Å². The van der Waals surface area contributed by atoms with Crippen LogP contribution < -0.4 is 10.1 Å². The third-order valence-electron chi connectivity index (χ3n) is 3.22. The molecule has 0 fully saturated rings. The van der Waals surface area contributed by atoms with Crippen molar-refractivity contribution in [2.24, 2.45) is 0 Å². The number of hydrogen-bond acceptors (Lipinski definition) is 3. The van der Waals surface area contributed by atoms with Crippen molar-refractivity contribution in [1.29, 1.82) is 0 Å². The zero-order chi connectivity index (χ0) is 14.4. The molecule has 1 N–H and O–H groups in total. The molecule has 1 heterocycles. The van der Waals surface area contributed by atoms with Crippen LogP contribution in [-0.2, 0) is 13.0 Å². The van der Waals surface area contributed by atoms with Crippen molar-refractivity contribution in [1.82, 2.24) is 15.1 Å². The summed E-state index contributed by atoms with van der Waals surface area (Å²) in [6, 6.07) is 8.49. The van der Waals surface area contributed by atoms with E-state index in [9.17, 15) is 0 Å². The number of nitrogens with zero attached hydrogens (tertiary/aromatic N) is 2. The Bertz CT molecular complexity index is 562. The van der Waals surface area contributed by atoms with Gasteiger partial charge in [0.2, 0.25) is 0 Å². The molecule has 0 bridgehead atoms. The Morgan fingerprint density at radius 1 is 1.45 bits per heavy atom. The van der Waals surface area contributed by atoms with Gasteiger partial charge in [0, 0.05) is 30.5 Å². The first-order chi connectivity index (χ1) is 9.72. The Morgan fingerprint density at radius 2 is 2.25 bits per heavy atom. The van der Waals surface area contributed by atoms with Crippen molar-refractivity contribution in [3.63, 3.8) is 0 Å². The number of benzene rings is 1. The Kier molecular flexibility index (Phi) is 4.96. The summed E-state index contributed by atoms with van der Waals surface area (Å²) in [5, 5.41) is 7.66. The maximum Gasteiger partial charge on any atom is 0.122 e. The number of methoxy groups -OCH3 is 1. The van der Waals surface area contributed by atoms with E-state index in [4.69, 9.17) is 4.74 Å². The largest absolute Gasteiger partial charge is 0.496 e. The molecule has 2 rings (SSSR count). The summed E-state index contributed by atoms with van der Waals surface area (Å²) in [7, 11) is 1.71. The lowest BCUT2D eigenvalue weighted by atomic mass is 10.1. The minimum atomic E-state index is 0.360. The first kappa shape index (κ1) is 14.3. The first-order valence-corrected chi connectivity index (χ1v) is 6.73. The van der Waals surface area contributed by atoms with Crippen LogP contribution >= 0.6 is 0 Å². The van der Waals surface area contributed by atoms with E-state index in [2.05, 4.69) is 30.0 Å². The molecular formula is C16H21N3O. The molecule has 0 saturated carbocycles. The minimum absolute atomic E-state index is 0.360. The molecule has 1 atom stereocenters. The van der Waals surface area contributed by atoms with Gasteiger partial charge in [-0.25, -0.2) is 4.68 Å². The molecule has 4 heteroatoms. The first-order valence-electron chi connectivity index (χ1n) is 6.73. The molecule has 0 aliphatic rings. The van der Waals surface area contributed by atoms with E-state index in [1.165, 1.54) is 5.56 Å². The predicted molar refractivity (Wildman–Crippen MR) is 81.6 cm³/mol. The number of rotatable bonds is 7. The van der Waals surface area contributed by atoms with Gasteiger partial charge < -0.3 is 10.1 Å². The summed E-state index contributed by atoms with van der Waals surface area (Å²) in [5.41, 5.74) is 2.37. The molecule has 0 saturated heterocycles. The second-order valence-corrected chi connectivity index (χ2v) is 4.81. The van der Waals surface area contributed by atoms with Crippen LogP contribution in [0.3, 0.4) is 0 Å². The Balaban J connectivity index is 1.88. The smallest absolute Gasteiger partial charge is 0.122 e. The molecule has 0 aliphatic heterocycles. The second kappa shape index (κ2) is 6.91. The lowest BCUT2D eigenvalue weighted by Gasteiger charge is -2.15. The summed E-state index contributed by atoms with van der Waals surface area (Å²) < 4.78 is 7.08. The minimum Gasteiger partial charge on any atom is -0.496 e. The normalized spacial score (nSPS) is 12.1. The maximum atomic E-state index is 5.37. The Labute approximate surface area is 120 Å². The Morgan fingerprint density at radius 3 is 2.95 bits per heavy atom. The van der Waals surface area contributed by atoms with Gasteiger partial charge >= 0.3 is 0 Å². The molecule has 1 aromatic carbocycles. The lowest BCUT2D eigenvalue weighted by molar-refractivity contribution is 0.406. The average molecular weight is 271 g/mol. The summed E-state index contributed by atoms with van der Waals surface area (Å²) in [5.74, 6) is 0.945. The zero-order valence-corrected chi connectivity index (χ0v) is 12.0. The summed E-state index contributed by atoms with van der Waals surface area (Å²) >= 11 is 0. The van der Waals surface area contributed by atoms with Crippen LogP contribution in [0.1, 0.15) is 18.1 Å². The van der Waals surface area contributed by atoms with Crippen molar-refractivity contribution in [3.05, 3.63) is 54.4 Å². The van der Waals surface area contributed by atoms with Gasteiger partial charge in [-0.3, -0.25) is 0 Å². The Hall–Kier alpha value is -2.07. The predicted octanol–water partition coefficient (Wildman–Crippen LogP) is 2.71. The highest BCUT2D eigenvalue weighted by molar-refractivity contribution is 5.33. The highest BCUT2D eigenvalue weighted by Crippen LogP contribution is 2.18. The van der Waals surface area contributed by atoms with Crippen molar-refractivity contribution < 1.29 is 4.74 Å². The molecule has 0 radical (unpaired) electrons. The van der Waals surface area contributed by atoms with Crippen LogP contribution in [0.5, 0.6) is 5.75 Å².